The van der Waals surface area contributed by atoms with Crippen LogP contribution in [-0.2, 0) is 16.0 Å². The average Bonchev–Trinajstić information content (AvgIpc) is 3.64. The Labute approximate surface area is 271 Å². The maximum Gasteiger partial charge on any atom is 0.318 e. The predicted molar refractivity (Wildman–Crippen MR) is 173 cm³/mol. The minimum atomic E-state index is -1.61. The summed E-state index contributed by atoms with van der Waals surface area (Å²) in [6, 6.07) is 2.13. The number of alkyl halides is 1. The number of fused-ring (bicyclic) bond motifs is 3. The van der Waals surface area contributed by atoms with Crippen LogP contribution in [0.2, 0.25) is 0 Å². The number of nitrogens with zero attached hydrogens (tertiary/aromatic N) is 6. The van der Waals surface area contributed by atoms with Gasteiger partial charge in [0.1, 0.15) is 12.4 Å². The number of rotatable bonds is 7. The predicted octanol–water partition coefficient (Wildman–Crippen LogP) is 5.02. The fourth-order valence-electron chi connectivity index (χ4n) is 8.82. The van der Waals surface area contributed by atoms with E-state index < -0.39 is 18.1 Å². The van der Waals surface area contributed by atoms with Crippen LogP contribution in [0.3, 0.4) is 0 Å². The van der Waals surface area contributed by atoms with Crippen LogP contribution in [0.5, 0.6) is 6.01 Å². The van der Waals surface area contributed by atoms with E-state index in [0.29, 0.717) is 44.6 Å². The van der Waals surface area contributed by atoms with Gasteiger partial charge in [-0.25, -0.2) is 4.39 Å². The van der Waals surface area contributed by atoms with Crippen molar-refractivity contribution in [1.82, 2.24) is 19.8 Å². The van der Waals surface area contributed by atoms with Crippen LogP contribution < -0.4 is 9.64 Å². The highest BCUT2D eigenvalue weighted by atomic mass is 19.1. The normalized spacial score (nSPS) is 30.5. The van der Waals surface area contributed by atoms with Gasteiger partial charge in [-0.3, -0.25) is 9.69 Å². The Morgan fingerprint density at radius 3 is 2.67 bits per heavy atom. The molecule has 46 heavy (non-hydrogen) atoms. The molecule has 1 aromatic heterocycles. The Hall–Kier alpha value is -3.55. The molecule has 5 unspecified atom stereocenters. The summed E-state index contributed by atoms with van der Waals surface area (Å²) in [6.07, 6.45) is 16.5. The van der Waals surface area contributed by atoms with Gasteiger partial charge in [0.25, 0.3) is 5.91 Å². The van der Waals surface area contributed by atoms with Crippen LogP contribution in [0, 0.1) is 23.2 Å². The summed E-state index contributed by atoms with van der Waals surface area (Å²) >= 11 is 0. The zero-order valence-corrected chi connectivity index (χ0v) is 27.2. The van der Waals surface area contributed by atoms with Crippen LogP contribution in [0.15, 0.2) is 47.6 Å². The third-order valence-corrected chi connectivity index (χ3v) is 11.1. The summed E-state index contributed by atoms with van der Waals surface area (Å²) in [5.74, 6) is 0.734. The number of hydrogen-bond acceptors (Lipinski definition) is 8. The molecule has 1 aromatic rings. The number of piperazine rings is 1. The van der Waals surface area contributed by atoms with Gasteiger partial charge in [-0.1, -0.05) is 42.0 Å². The molecular weight excluding hydrogens is 583 g/mol. The smallest absolute Gasteiger partial charge is 0.318 e. The van der Waals surface area contributed by atoms with E-state index in [9.17, 15) is 14.4 Å². The molecule has 6 atom stereocenters. The number of aromatic nitrogens is 2. The van der Waals surface area contributed by atoms with E-state index >= 15 is 0 Å². The zero-order valence-electron chi connectivity index (χ0n) is 27.2. The highest BCUT2D eigenvalue weighted by Gasteiger charge is 2.45. The second kappa shape index (κ2) is 12.6. The van der Waals surface area contributed by atoms with Gasteiger partial charge in [-0.05, 0) is 65.1 Å². The lowest BCUT2D eigenvalue weighted by molar-refractivity contribution is -0.138. The molecule has 0 radical (unpaired) electrons. The summed E-state index contributed by atoms with van der Waals surface area (Å²) < 4.78 is 27.4. The standard InChI is InChI=1S/C36H45FN6O3/c1-23-8-4-9-26-10-5-11-28(31(23)26)30-20-29-32(25(3)46-30)33(41-18-19-43(34(44)24(2)37)27(21-41)12-15-38)40-35(39-29)45-22-36-13-6-16-42(36)17-7-14-36/h4-5,8-11,24-27,30-31H,6-7,12-14,16-22H2,1-3H3/t24?,25?,26?,27-,30?,31?/m0/s1. The van der Waals surface area contributed by atoms with Crippen molar-refractivity contribution in [3.05, 3.63) is 58.9 Å². The van der Waals surface area contributed by atoms with E-state index in [1.54, 1.807) is 0 Å². The van der Waals surface area contributed by atoms with E-state index in [0.717, 1.165) is 43.0 Å². The molecule has 0 aromatic carbocycles. The average molecular weight is 629 g/mol. The van der Waals surface area contributed by atoms with Crippen LogP contribution in [-0.4, -0.2) is 88.9 Å². The summed E-state index contributed by atoms with van der Waals surface area (Å²) in [5, 5.41) is 9.61. The summed E-state index contributed by atoms with van der Waals surface area (Å²) in [7, 11) is 0. The molecule has 1 amide bonds. The monoisotopic (exact) mass is 628 g/mol. The first-order chi connectivity index (χ1) is 22.3. The van der Waals surface area contributed by atoms with Crippen molar-refractivity contribution < 1.29 is 18.7 Å². The van der Waals surface area contributed by atoms with Crippen molar-refractivity contribution >= 4 is 11.7 Å². The van der Waals surface area contributed by atoms with Crippen LogP contribution in [0.1, 0.15) is 70.2 Å². The van der Waals surface area contributed by atoms with Gasteiger partial charge in [0.15, 0.2) is 6.17 Å². The lowest BCUT2D eigenvalue weighted by atomic mass is 9.72. The van der Waals surface area contributed by atoms with Crippen molar-refractivity contribution in [3.63, 3.8) is 0 Å². The molecule has 3 fully saturated rings. The Morgan fingerprint density at radius 2 is 1.93 bits per heavy atom. The number of hydrogen-bond donors (Lipinski definition) is 0. The lowest BCUT2D eigenvalue weighted by Gasteiger charge is -2.43. The van der Waals surface area contributed by atoms with Gasteiger partial charge in [0.2, 0.25) is 0 Å². The molecule has 4 aliphatic heterocycles. The van der Waals surface area contributed by atoms with E-state index in [1.807, 2.05) is 0 Å². The highest BCUT2D eigenvalue weighted by molar-refractivity contribution is 5.81. The third kappa shape index (κ3) is 5.56. The quantitative estimate of drug-likeness (QED) is 0.416. The minimum Gasteiger partial charge on any atom is -0.461 e. The van der Waals surface area contributed by atoms with E-state index in [2.05, 4.69) is 66.2 Å². The van der Waals surface area contributed by atoms with E-state index in [4.69, 9.17) is 19.4 Å². The molecule has 3 saturated heterocycles. The maximum atomic E-state index is 14.1. The molecule has 244 valence electrons. The molecule has 10 heteroatoms. The third-order valence-electron chi connectivity index (χ3n) is 11.1. The van der Waals surface area contributed by atoms with E-state index in [1.165, 1.54) is 35.8 Å². The summed E-state index contributed by atoms with van der Waals surface area (Å²) in [6.45, 7) is 9.46. The molecule has 0 bridgehead atoms. The molecule has 0 saturated carbocycles. The van der Waals surface area contributed by atoms with Crippen molar-refractivity contribution in [1.29, 1.82) is 5.26 Å². The maximum absolute atomic E-state index is 14.1. The van der Waals surface area contributed by atoms with Gasteiger partial charge in [0.05, 0.1) is 42.0 Å². The number of allylic oxidation sites excluding steroid dienone is 7. The van der Waals surface area contributed by atoms with E-state index in [-0.39, 0.29) is 30.1 Å². The molecule has 7 rings (SSSR count). The number of halogens is 1. The second-order valence-corrected chi connectivity index (χ2v) is 13.9. The molecule has 5 heterocycles. The fourth-order valence-corrected chi connectivity index (χ4v) is 8.82. The number of nitriles is 1. The summed E-state index contributed by atoms with van der Waals surface area (Å²) in [4.78, 5) is 29.0. The van der Waals surface area contributed by atoms with Gasteiger partial charge in [0, 0.05) is 43.5 Å². The number of carbonyl (C=O) groups is 1. The van der Waals surface area contributed by atoms with Gasteiger partial charge in [-0.15, -0.1) is 0 Å². The largest absolute Gasteiger partial charge is 0.461 e. The number of carbonyl (C=O) groups excluding carboxylic acids is 1. The lowest BCUT2D eigenvalue weighted by Crippen LogP contribution is -2.57. The van der Waals surface area contributed by atoms with Gasteiger partial charge < -0.3 is 19.3 Å². The van der Waals surface area contributed by atoms with Crippen LogP contribution in [0.4, 0.5) is 10.2 Å². The van der Waals surface area contributed by atoms with Crippen molar-refractivity contribution in [2.45, 2.75) is 89.3 Å². The molecule has 2 aliphatic carbocycles. The second-order valence-electron chi connectivity index (χ2n) is 13.9. The topological polar surface area (TPSA) is 94.8 Å². The fraction of sp³-hybridized carbons (Fsp3) is 0.611. The van der Waals surface area contributed by atoms with Crippen LogP contribution >= 0.6 is 0 Å². The van der Waals surface area contributed by atoms with Crippen molar-refractivity contribution in [2.75, 3.05) is 44.2 Å². The first-order valence-corrected chi connectivity index (χ1v) is 17.0. The number of anilines is 1. The zero-order chi connectivity index (χ0) is 32.0. The van der Waals surface area contributed by atoms with Crippen molar-refractivity contribution in [2.24, 2.45) is 11.8 Å². The molecular formula is C36H45FN6O3. The molecule has 6 aliphatic rings. The Balaban J connectivity index is 1.22. The molecule has 0 N–H and O–H groups in total. The van der Waals surface area contributed by atoms with Gasteiger partial charge >= 0.3 is 6.01 Å². The van der Waals surface area contributed by atoms with Crippen LogP contribution in [0.25, 0.3) is 0 Å². The molecule has 0 spiro atoms. The number of ether oxygens (including phenoxy) is 2. The van der Waals surface area contributed by atoms with Crippen molar-refractivity contribution in [3.8, 4) is 12.1 Å². The first kappa shape index (κ1) is 31.1. The Bertz CT molecular complexity index is 1520. The Kier molecular flexibility index (Phi) is 8.49. The first-order valence-electron chi connectivity index (χ1n) is 17.0. The SMILES string of the molecule is CC1=CC=CC2C=CC=C(C3Cc4nc(OCC56CCCN5CCC6)nc(N5CCN(C(=O)C(C)F)[C@@H](CC#N)C5)c4C(C)O3)C12. The summed E-state index contributed by atoms with van der Waals surface area (Å²) in [5.41, 5.74) is 4.49. The number of amides is 1. The Morgan fingerprint density at radius 1 is 1.17 bits per heavy atom. The highest BCUT2D eigenvalue weighted by Crippen LogP contribution is 2.45. The van der Waals surface area contributed by atoms with Gasteiger partial charge in [-0.2, -0.15) is 15.2 Å². The minimum absolute atomic E-state index is 0.0535. The molecule has 9 nitrogen and oxygen atoms in total.